The van der Waals surface area contributed by atoms with E-state index in [2.05, 4.69) is 5.32 Å². The van der Waals surface area contributed by atoms with Gasteiger partial charge in [-0.1, -0.05) is 0 Å². The molecule has 1 aromatic carbocycles. The van der Waals surface area contributed by atoms with Crippen LogP contribution in [-0.2, 0) is 0 Å². The van der Waals surface area contributed by atoms with Crippen molar-refractivity contribution in [3.05, 3.63) is 24.0 Å². The van der Waals surface area contributed by atoms with Crippen molar-refractivity contribution in [2.45, 2.75) is 25.7 Å². The Morgan fingerprint density at radius 3 is 2.65 bits per heavy atom. The number of carbonyl (C=O) groups excluding carboxylic acids is 1. The van der Waals surface area contributed by atoms with E-state index in [1.54, 1.807) is 4.90 Å². The Bertz CT molecular complexity index is 555. The minimum Gasteiger partial charge on any atom is -0.491 e. The van der Waals surface area contributed by atoms with Gasteiger partial charge in [-0.05, 0) is 49.7 Å². The van der Waals surface area contributed by atoms with Crippen LogP contribution in [0, 0.1) is 17.7 Å². The quantitative estimate of drug-likeness (QED) is 0.876. The standard InChI is InChI=1S/C17H23FN2O3/c18-14-3-4-15(16(9-14)23-11-13-1-2-13)19-17(22)20-7-5-12(10-21)6-8-20/h3-4,9,12-13,21H,1-2,5-8,10-11H2,(H,19,22). The molecule has 1 saturated carbocycles. The van der Waals surface area contributed by atoms with Crippen molar-refractivity contribution in [2.75, 3.05) is 31.6 Å². The summed E-state index contributed by atoms with van der Waals surface area (Å²) in [5.74, 6) is 0.842. The lowest BCUT2D eigenvalue weighted by atomic mass is 9.98. The van der Waals surface area contributed by atoms with Gasteiger partial charge < -0.3 is 20.1 Å². The van der Waals surface area contributed by atoms with Crippen LogP contribution in [0.15, 0.2) is 18.2 Å². The molecule has 2 N–H and O–H groups in total. The predicted molar refractivity (Wildman–Crippen MR) is 85.0 cm³/mol. The number of halogens is 1. The van der Waals surface area contributed by atoms with Gasteiger partial charge >= 0.3 is 6.03 Å². The third-order valence-electron chi connectivity index (χ3n) is 4.52. The lowest BCUT2D eigenvalue weighted by Crippen LogP contribution is -2.41. The maximum Gasteiger partial charge on any atom is 0.321 e. The van der Waals surface area contributed by atoms with Gasteiger partial charge in [-0.15, -0.1) is 0 Å². The van der Waals surface area contributed by atoms with Gasteiger partial charge in [0.1, 0.15) is 11.6 Å². The van der Waals surface area contributed by atoms with Crippen molar-refractivity contribution < 1.29 is 19.0 Å². The van der Waals surface area contributed by atoms with Crippen LogP contribution in [0.25, 0.3) is 0 Å². The van der Waals surface area contributed by atoms with Gasteiger partial charge in [0.05, 0.1) is 12.3 Å². The second-order valence-corrected chi connectivity index (χ2v) is 6.44. The average Bonchev–Trinajstić information content (AvgIpc) is 3.39. The predicted octanol–water partition coefficient (Wildman–Crippen LogP) is 2.85. The normalized spacial score (nSPS) is 18.8. The second-order valence-electron chi connectivity index (χ2n) is 6.44. The van der Waals surface area contributed by atoms with E-state index in [0.29, 0.717) is 37.1 Å². The van der Waals surface area contributed by atoms with E-state index in [4.69, 9.17) is 9.84 Å². The summed E-state index contributed by atoms with van der Waals surface area (Å²) in [5.41, 5.74) is 0.501. The van der Waals surface area contributed by atoms with Crippen molar-refractivity contribution in [3.63, 3.8) is 0 Å². The molecule has 0 radical (unpaired) electrons. The monoisotopic (exact) mass is 322 g/mol. The van der Waals surface area contributed by atoms with Gasteiger partial charge in [-0.2, -0.15) is 0 Å². The fraction of sp³-hybridized carbons (Fsp3) is 0.588. The van der Waals surface area contributed by atoms with Crippen molar-refractivity contribution in [3.8, 4) is 5.75 Å². The van der Waals surface area contributed by atoms with Crippen molar-refractivity contribution in [1.82, 2.24) is 4.90 Å². The highest BCUT2D eigenvalue weighted by molar-refractivity contribution is 5.91. The van der Waals surface area contributed by atoms with Gasteiger partial charge in [0.25, 0.3) is 0 Å². The molecule has 5 nitrogen and oxygen atoms in total. The SMILES string of the molecule is O=C(Nc1ccc(F)cc1OCC1CC1)N1CCC(CO)CC1. The van der Waals surface area contributed by atoms with Crippen LogP contribution in [-0.4, -0.2) is 42.3 Å². The summed E-state index contributed by atoms with van der Waals surface area (Å²) in [6.45, 7) is 1.98. The molecule has 126 valence electrons. The lowest BCUT2D eigenvalue weighted by molar-refractivity contribution is 0.143. The Hall–Kier alpha value is -1.82. The van der Waals surface area contributed by atoms with Crippen molar-refractivity contribution >= 4 is 11.7 Å². The van der Waals surface area contributed by atoms with Gasteiger partial charge in [-0.25, -0.2) is 9.18 Å². The number of anilines is 1. The van der Waals surface area contributed by atoms with E-state index >= 15 is 0 Å². The molecule has 1 aromatic rings. The van der Waals surface area contributed by atoms with E-state index < -0.39 is 0 Å². The minimum atomic E-state index is -0.377. The summed E-state index contributed by atoms with van der Waals surface area (Å²) in [6, 6.07) is 3.97. The lowest BCUT2D eigenvalue weighted by Gasteiger charge is -2.31. The van der Waals surface area contributed by atoms with Gasteiger partial charge in [0.2, 0.25) is 0 Å². The maximum absolute atomic E-state index is 13.4. The van der Waals surface area contributed by atoms with Crippen molar-refractivity contribution in [1.29, 1.82) is 0 Å². The zero-order chi connectivity index (χ0) is 16.2. The van der Waals surface area contributed by atoms with Crippen LogP contribution < -0.4 is 10.1 Å². The minimum absolute atomic E-state index is 0.173. The molecule has 3 rings (SSSR count). The van der Waals surface area contributed by atoms with Crippen LogP contribution in [0.4, 0.5) is 14.9 Å². The van der Waals surface area contributed by atoms with E-state index in [1.165, 1.54) is 18.2 Å². The van der Waals surface area contributed by atoms with Gasteiger partial charge in [0, 0.05) is 25.8 Å². The molecule has 1 heterocycles. The third kappa shape index (κ3) is 4.34. The molecule has 0 aromatic heterocycles. The molecular weight excluding hydrogens is 299 g/mol. The van der Waals surface area contributed by atoms with Crippen LogP contribution in [0.5, 0.6) is 5.75 Å². The number of amides is 2. The summed E-state index contributed by atoms with van der Waals surface area (Å²) in [7, 11) is 0. The number of rotatable bonds is 5. The zero-order valence-electron chi connectivity index (χ0n) is 13.1. The average molecular weight is 322 g/mol. The molecule has 6 heteroatoms. The number of urea groups is 1. The fourth-order valence-electron chi connectivity index (χ4n) is 2.72. The largest absolute Gasteiger partial charge is 0.491 e. The molecule has 0 unspecified atom stereocenters. The molecule has 2 aliphatic rings. The first-order chi connectivity index (χ1) is 11.2. The molecule has 1 aliphatic carbocycles. The highest BCUT2D eigenvalue weighted by Crippen LogP contribution is 2.32. The van der Waals surface area contributed by atoms with E-state index in [9.17, 15) is 9.18 Å². The molecule has 2 fully saturated rings. The molecule has 1 aliphatic heterocycles. The second kappa shape index (κ2) is 7.17. The maximum atomic E-state index is 13.4. The first-order valence-corrected chi connectivity index (χ1v) is 8.25. The van der Waals surface area contributed by atoms with Crippen LogP contribution in [0.2, 0.25) is 0 Å². The van der Waals surface area contributed by atoms with E-state index in [1.807, 2.05) is 0 Å². The van der Waals surface area contributed by atoms with Crippen LogP contribution >= 0.6 is 0 Å². The summed E-state index contributed by atoms with van der Waals surface area (Å²) >= 11 is 0. The Labute approximate surface area is 135 Å². The number of benzene rings is 1. The third-order valence-corrected chi connectivity index (χ3v) is 4.52. The van der Waals surface area contributed by atoms with Gasteiger partial charge in [-0.3, -0.25) is 0 Å². The fourth-order valence-corrected chi connectivity index (χ4v) is 2.72. The molecule has 0 spiro atoms. The number of nitrogens with one attached hydrogen (secondary N) is 1. The number of carbonyl (C=O) groups is 1. The number of hydrogen-bond acceptors (Lipinski definition) is 3. The Kier molecular flexibility index (Phi) is 5.00. The summed E-state index contributed by atoms with van der Waals surface area (Å²) in [4.78, 5) is 14.1. The van der Waals surface area contributed by atoms with E-state index in [-0.39, 0.29) is 24.4 Å². The number of ether oxygens (including phenoxy) is 1. The summed E-state index contributed by atoms with van der Waals surface area (Å²) in [5, 5.41) is 12.0. The number of aliphatic hydroxyl groups excluding tert-OH is 1. The van der Waals surface area contributed by atoms with E-state index in [0.717, 1.165) is 25.7 Å². The topological polar surface area (TPSA) is 61.8 Å². The molecular formula is C17H23FN2O3. The Morgan fingerprint density at radius 1 is 1.26 bits per heavy atom. The zero-order valence-corrected chi connectivity index (χ0v) is 13.1. The van der Waals surface area contributed by atoms with Crippen LogP contribution in [0.3, 0.4) is 0 Å². The summed E-state index contributed by atoms with van der Waals surface area (Å²) in [6.07, 6.45) is 3.91. The Balaban J connectivity index is 1.60. The highest BCUT2D eigenvalue weighted by atomic mass is 19.1. The van der Waals surface area contributed by atoms with Gasteiger partial charge in [0.15, 0.2) is 0 Å². The number of likely N-dealkylation sites (tertiary alicyclic amines) is 1. The molecule has 23 heavy (non-hydrogen) atoms. The first-order valence-electron chi connectivity index (χ1n) is 8.25. The number of piperidine rings is 1. The smallest absolute Gasteiger partial charge is 0.321 e. The Morgan fingerprint density at radius 2 is 2.00 bits per heavy atom. The number of nitrogens with zero attached hydrogens (tertiary/aromatic N) is 1. The number of hydrogen-bond donors (Lipinski definition) is 2. The molecule has 0 atom stereocenters. The molecule has 2 amide bonds. The summed E-state index contributed by atoms with van der Waals surface area (Å²) < 4.78 is 19.1. The number of aliphatic hydroxyl groups is 1. The molecule has 0 bridgehead atoms. The first kappa shape index (κ1) is 16.1. The molecule has 1 saturated heterocycles. The van der Waals surface area contributed by atoms with Crippen LogP contribution in [0.1, 0.15) is 25.7 Å². The highest BCUT2D eigenvalue weighted by Gasteiger charge is 2.24. The van der Waals surface area contributed by atoms with Crippen molar-refractivity contribution in [2.24, 2.45) is 11.8 Å².